The van der Waals surface area contributed by atoms with Gasteiger partial charge >= 0.3 is 0 Å². The number of carbonyl (C=O) groups is 3. The SMILES string of the molecule is CCCOC(C(=O)NO)C(Cc1ccc2sccc2c1)C(=O)NC(C(=O)NC)C(C)(C)C. The van der Waals surface area contributed by atoms with Crippen LogP contribution in [0.15, 0.2) is 29.6 Å². The summed E-state index contributed by atoms with van der Waals surface area (Å²) in [6, 6.07) is 7.03. The predicted molar refractivity (Wildman–Crippen MR) is 124 cm³/mol. The first-order valence-corrected chi connectivity index (χ1v) is 11.5. The van der Waals surface area contributed by atoms with Crippen molar-refractivity contribution in [3.05, 3.63) is 35.2 Å². The number of hydroxylamine groups is 1. The fraction of sp³-hybridized carbons (Fsp3) is 0.522. The van der Waals surface area contributed by atoms with Crippen LogP contribution in [0.4, 0.5) is 0 Å². The summed E-state index contributed by atoms with van der Waals surface area (Å²) in [7, 11) is 1.51. The van der Waals surface area contributed by atoms with Crippen molar-refractivity contribution in [1.82, 2.24) is 16.1 Å². The molecule has 0 radical (unpaired) electrons. The molecule has 4 N–H and O–H groups in total. The molecule has 3 amide bonds. The summed E-state index contributed by atoms with van der Waals surface area (Å²) < 4.78 is 6.81. The molecular formula is C23H33N3O5S. The number of rotatable bonds is 10. The van der Waals surface area contributed by atoms with E-state index in [0.717, 1.165) is 15.6 Å². The molecule has 0 aliphatic carbocycles. The molecule has 0 fully saturated rings. The Morgan fingerprint density at radius 2 is 1.84 bits per heavy atom. The summed E-state index contributed by atoms with van der Waals surface area (Å²) in [4.78, 5) is 38.3. The highest BCUT2D eigenvalue weighted by atomic mass is 32.1. The molecule has 0 bridgehead atoms. The van der Waals surface area contributed by atoms with Crippen LogP contribution in [-0.2, 0) is 25.5 Å². The van der Waals surface area contributed by atoms with Crippen LogP contribution < -0.4 is 16.1 Å². The van der Waals surface area contributed by atoms with Gasteiger partial charge < -0.3 is 15.4 Å². The Balaban J connectivity index is 2.41. The number of carbonyl (C=O) groups excluding carboxylic acids is 3. The molecule has 0 aliphatic heterocycles. The van der Waals surface area contributed by atoms with Gasteiger partial charge in [0.1, 0.15) is 12.1 Å². The minimum Gasteiger partial charge on any atom is -0.367 e. The fourth-order valence-electron chi connectivity index (χ4n) is 3.49. The Morgan fingerprint density at radius 1 is 1.12 bits per heavy atom. The highest BCUT2D eigenvalue weighted by Gasteiger charge is 2.39. The molecule has 1 aromatic heterocycles. The van der Waals surface area contributed by atoms with E-state index < -0.39 is 35.3 Å². The predicted octanol–water partition coefficient (Wildman–Crippen LogP) is 2.64. The maximum Gasteiger partial charge on any atom is 0.273 e. The molecule has 1 aromatic carbocycles. The molecule has 1 heterocycles. The molecule has 176 valence electrons. The number of amides is 3. The summed E-state index contributed by atoms with van der Waals surface area (Å²) in [5, 5.41) is 17.7. The van der Waals surface area contributed by atoms with E-state index in [4.69, 9.17) is 4.74 Å². The van der Waals surface area contributed by atoms with E-state index in [1.165, 1.54) is 7.05 Å². The largest absolute Gasteiger partial charge is 0.367 e. The van der Waals surface area contributed by atoms with E-state index in [-0.39, 0.29) is 18.9 Å². The second-order valence-corrected chi connectivity index (χ2v) is 9.74. The normalized spacial score (nSPS) is 14.4. The highest BCUT2D eigenvalue weighted by molar-refractivity contribution is 7.17. The minimum absolute atomic E-state index is 0.198. The molecule has 2 aromatic rings. The fourth-order valence-corrected chi connectivity index (χ4v) is 4.26. The highest BCUT2D eigenvalue weighted by Crippen LogP contribution is 2.26. The summed E-state index contributed by atoms with van der Waals surface area (Å²) in [5.74, 6) is -2.59. The summed E-state index contributed by atoms with van der Waals surface area (Å²) in [6.07, 6.45) is -0.388. The van der Waals surface area contributed by atoms with Crippen LogP contribution in [0.5, 0.6) is 0 Å². The van der Waals surface area contributed by atoms with E-state index >= 15 is 0 Å². The van der Waals surface area contributed by atoms with Crippen molar-refractivity contribution < 1.29 is 24.3 Å². The molecule has 0 spiro atoms. The van der Waals surface area contributed by atoms with Crippen LogP contribution in [0.25, 0.3) is 10.1 Å². The summed E-state index contributed by atoms with van der Waals surface area (Å²) >= 11 is 1.62. The number of nitrogens with one attached hydrogen (secondary N) is 3. The quantitative estimate of drug-likeness (QED) is 0.319. The van der Waals surface area contributed by atoms with Crippen LogP contribution in [-0.4, -0.2) is 48.7 Å². The third kappa shape index (κ3) is 6.51. The van der Waals surface area contributed by atoms with Gasteiger partial charge in [0.25, 0.3) is 5.91 Å². The molecule has 3 unspecified atom stereocenters. The topological polar surface area (TPSA) is 117 Å². The lowest BCUT2D eigenvalue weighted by atomic mass is 9.84. The average Bonchev–Trinajstić information content (AvgIpc) is 3.22. The van der Waals surface area contributed by atoms with Crippen LogP contribution in [0.1, 0.15) is 39.7 Å². The van der Waals surface area contributed by atoms with Crippen LogP contribution in [0.2, 0.25) is 0 Å². The summed E-state index contributed by atoms with van der Waals surface area (Å²) in [6.45, 7) is 7.66. The molecule has 0 saturated carbocycles. The molecule has 8 nitrogen and oxygen atoms in total. The Bertz CT molecular complexity index is 937. The van der Waals surface area contributed by atoms with Crippen molar-refractivity contribution >= 4 is 39.1 Å². The lowest BCUT2D eigenvalue weighted by Crippen LogP contribution is -2.56. The van der Waals surface area contributed by atoms with Gasteiger partial charge in [-0.25, -0.2) is 5.48 Å². The number of ether oxygens (including phenoxy) is 1. The Hall–Kier alpha value is -2.49. The second kappa shape index (κ2) is 11.4. The van der Waals surface area contributed by atoms with Gasteiger partial charge in [0, 0.05) is 18.4 Å². The van der Waals surface area contributed by atoms with Gasteiger partial charge in [-0.15, -0.1) is 11.3 Å². The second-order valence-electron chi connectivity index (χ2n) is 8.79. The van der Waals surface area contributed by atoms with Crippen LogP contribution >= 0.6 is 11.3 Å². The molecular weight excluding hydrogens is 430 g/mol. The van der Waals surface area contributed by atoms with Gasteiger partial charge in [-0.2, -0.15) is 0 Å². The first kappa shape index (κ1) is 25.8. The smallest absolute Gasteiger partial charge is 0.273 e. The zero-order chi connectivity index (χ0) is 23.9. The molecule has 2 rings (SSSR count). The monoisotopic (exact) mass is 463 g/mol. The van der Waals surface area contributed by atoms with Crippen molar-refractivity contribution in [1.29, 1.82) is 0 Å². The molecule has 9 heteroatoms. The maximum absolute atomic E-state index is 13.4. The number of thiophene rings is 1. The van der Waals surface area contributed by atoms with E-state index in [1.807, 2.05) is 57.3 Å². The Labute approximate surface area is 192 Å². The number of hydrogen-bond acceptors (Lipinski definition) is 6. The first-order chi connectivity index (χ1) is 15.1. The molecule has 32 heavy (non-hydrogen) atoms. The van der Waals surface area contributed by atoms with Crippen molar-refractivity contribution in [2.24, 2.45) is 11.3 Å². The third-order valence-corrected chi connectivity index (χ3v) is 6.10. The van der Waals surface area contributed by atoms with Gasteiger partial charge in [-0.3, -0.25) is 19.6 Å². The maximum atomic E-state index is 13.4. The standard InChI is InChI=1S/C23H33N3O5S/c1-6-10-31-18(21(28)26-30)16(13-14-7-8-17-15(12-14)9-11-32-17)20(27)25-19(22(29)24-5)23(2,3)4/h7-9,11-12,16,18-19,30H,6,10,13H2,1-5H3,(H,24,29)(H,25,27)(H,26,28). The van der Waals surface area contributed by atoms with Crippen LogP contribution in [0.3, 0.4) is 0 Å². The van der Waals surface area contributed by atoms with E-state index in [0.29, 0.717) is 6.42 Å². The number of benzene rings is 1. The zero-order valence-electron chi connectivity index (χ0n) is 19.2. The van der Waals surface area contributed by atoms with Crippen molar-refractivity contribution in [3.63, 3.8) is 0 Å². The molecule has 0 aliphatic rings. The minimum atomic E-state index is -1.22. The first-order valence-electron chi connectivity index (χ1n) is 10.7. The van der Waals surface area contributed by atoms with E-state index in [1.54, 1.807) is 16.8 Å². The van der Waals surface area contributed by atoms with Gasteiger partial charge in [-0.05, 0) is 46.7 Å². The number of fused-ring (bicyclic) bond motifs is 1. The van der Waals surface area contributed by atoms with Gasteiger partial charge in [0.15, 0.2) is 0 Å². The van der Waals surface area contributed by atoms with Gasteiger partial charge in [0.2, 0.25) is 11.8 Å². The third-order valence-electron chi connectivity index (χ3n) is 5.21. The Kier molecular flexibility index (Phi) is 9.18. The van der Waals surface area contributed by atoms with E-state index in [9.17, 15) is 19.6 Å². The average molecular weight is 464 g/mol. The lowest BCUT2D eigenvalue weighted by molar-refractivity contribution is -0.151. The number of hydrogen-bond donors (Lipinski definition) is 4. The van der Waals surface area contributed by atoms with Crippen molar-refractivity contribution in [2.45, 2.75) is 52.7 Å². The molecule has 3 atom stereocenters. The molecule has 0 saturated heterocycles. The zero-order valence-corrected chi connectivity index (χ0v) is 20.0. The van der Waals surface area contributed by atoms with Crippen molar-refractivity contribution in [2.75, 3.05) is 13.7 Å². The number of likely N-dealkylation sites (N-methyl/N-ethyl adjacent to an activating group) is 1. The van der Waals surface area contributed by atoms with E-state index in [2.05, 4.69) is 10.6 Å². The van der Waals surface area contributed by atoms with Gasteiger partial charge in [0.05, 0.1) is 5.92 Å². The van der Waals surface area contributed by atoms with Crippen molar-refractivity contribution in [3.8, 4) is 0 Å². The lowest BCUT2D eigenvalue weighted by Gasteiger charge is -2.32. The van der Waals surface area contributed by atoms with Crippen LogP contribution in [0, 0.1) is 11.3 Å². The Morgan fingerprint density at radius 3 is 2.44 bits per heavy atom. The summed E-state index contributed by atoms with van der Waals surface area (Å²) in [5.41, 5.74) is 1.90. The van der Waals surface area contributed by atoms with Gasteiger partial charge in [-0.1, -0.05) is 39.8 Å².